The van der Waals surface area contributed by atoms with Crippen molar-refractivity contribution in [1.82, 2.24) is 14.6 Å². The van der Waals surface area contributed by atoms with Crippen LogP contribution in [-0.2, 0) is 0 Å². The van der Waals surface area contributed by atoms with Crippen molar-refractivity contribution in [1.29, 1.82) is 0 Å². The first-order valence-corrected chi connectivity index (χ1v) is 9.70. The molecular weight excluding hydrogens is 433 g/mol. The third-order valence-corrected chi connectivity index (χ3v) is 5.24. The predicted octanol–water partition coefficient (Wildman–Crippen LogP) is 4.32. The number of anilines is 1. The molecule has 4 N–H and O–H groups in total. The monoisotopic (exact) mass is 451 g/mol. The molecule has 0 saturated heterocycles. The second-order valence-corrected chi connectivity index (χ2v) is 7.74. The van der Waals surface area contributed by atoms with E-state index in [9.17, 15) is 9.59 Å². The van der Waals surface area contributed by atoms with Crippen molar-refractivity contribution < 1.29 is 19.4 Å². The van der Waals surface area contributed by atoms with Crippen LogP contribution >= 0.6 is 23.2 Å². The number of ether oxygens (including phenoxy) is 1. The molecule has 0 spiro atoms. The summed E-state index contributed by atoms with van der Waals surface area (Å²) in [6, 6.07) is 4.57. The number of benzene rings is 1. The molecule has 0 aliphatic rings. The summed E-state index contributed by atoms with van der Waals surface area (Å²) in [5.74, 6) is 0.0156. The number of aromatic nitrogens is 3. The van der Waals surface area contributed by atoms with Crippen molar-refractivity contribution in [2.45, 2.75) is 26.8 Å². The number of nitrogens with two attached hydrogens (primary N) is 1. The van der Waals surface area contributed by atoms with Crippen LogP contribution in [0.4, 0.5) is 10.6 Å². The number of carboxylic acid groups (broad SMARTS) is 1. The standard InChI is InChI=1S/C19H19Cl2N5O4/c1-8(2)9(3)24-18-14(11-5-4-10(16(22)27)6-12(11)20)15(21)25-17-13(30-19(28)29)7-23-26(17)18/h4-9,24H,1-3H3,(H2,22,27)(H,28,29)/t9-/m1/s1. The van der Waals surface area contributed by atoms with Crippen molar-refractivity contribution in [3.05, 3.63) is 40.1 Å². The van der Waals surface area contributed by atoms with Crippen molar-refractivity contribution in [3.63, 3.8) is 0 Å². The largest absolute Gasteiger partial charge is 0.511 e. The lowest BCUT2D eigenvalue weighted by atomic mass is 10.0. The van der Waals surface area contributed by atoms with Crippen molar-refractivity contribution in [3.8, 4) is 16.9 Å². The zero-order valence-corrected chi connectivity index (χ0v) is 17.8. The highest BCUT2D eigenvalue weighted by atomic mass is 35.5. The maximum atomic E-state index is 11.5. The summed E-state index contributed by atoms with van der Waals surface area (Å²) in [5.41, 5.74) is 6.62. The molecule has 0 bridgehead atoms. The molecule has 0 saturated carbocycles. The zero-order valence-electron chi connectivity index (χ0n) is 16.3. The molecule has 2 aromatic heterocycles. The van der Waals surface area contributed by atoms with E-state index in [1.54, 1.807) is 6.07 Å². The Morgan fingerprint density at radius 2 is 1.97 bits per heavy atom. The van der Waals surface area contributed by atoms with Crippen LogP contribution in [-0.4, -0.2) is 37.8 Å². The summed E-state index contributed by atoms with van der Waals surface area (Å²) in [6.45, 7) is 6.05. The van der Waals surface area contributed by atoms with Crippen molar-refractivity contribution in [2.24, 2.45) is 11.7 Å². The number of primary amides is 1. The molecule has 11 heteroatoms. The molecule has 158 valence electrons. The third kappa shape index (κ3) is 4.12. The molecular formula is C19H19Cl2N5O4. The van der Waals surface area contributed by atoms with E-state index in [4.69, 9.17) is 38.8 Å². The minimum Gasteiger partial charge on any atom is -0.449 e. The van der Waals surface area contributed by atoms with Gasteiger partial charge in [-0.2, -0.15) is 9.61 Å². The first-order valence-electron chi connectivity index (χ1n) is 8.94. The quantitative estimate of drug-likeness (QED) is 0.375. The average Bonchev–Trinajstić information content (AvgIpc) is 3.04. The summed E-state index contributed by atoms with van der Waals surface area (Å²) < 4.78 is 6.15. The Morgan fingerprint density at radius 3 is 2.53 bits per heavy atom. The van der Waals surface area contributed by atoms with Gasteiger partial charge in [0.2, 0.25) is 11.6 Å². The van der Waals surface area contributed by atoms with Gasteiger partial charge >= 0.3 is 6.16 Å². The van der Waals surface area contributed by atoms with Crippen molar-refractivity contribution >= 4 is 46.7 Å². The number of fused-ring (bicyclic) bond motifs is 1. The van der Waals surface area contributed by atoms with Gasteiger partial charge < -0.3 is 20.9 Å². The van der Waals surface area contributed by atoms with Crippen LogP contribution in [0.5, 0.6) is 5.75 Å². The molecule has 3 aromatic rings. The highest BCUT2D eigenvalue weighted by Gasteiger charge is 2.24. The van der Waals surface area contributed by atoms with Crippen LogP contribution < -0.4 is 15.8 Å². The van der Waals surface area contributed by atoms with E-state index in [-0.39, 0.29) is 39.1 Å². The fourth-order valence-electron chi connectivity index (χ4n) is 2.74. The lowest BCUT2D eigenvalue weighted by Gasteiger charge is -2.22. The van der Waals surface area contributed by atoms with Crippen LogP contribution in [0, 0.1) is 5.92 Å². The number of halogens is 2. The van der Waals surface area contributed by atoms with Crippen LogP contribution in [0.1, 0.15) is 31.1 Å². The number of carbonyl (C=O) groups is 2. The Balaban J connectivity index is 2.28. The lowest BCUT2D eigenvalue weighted by Crippen LogP contribution is -2.24. The normalized spacial score (nSPS) is 12.2. The maximum absolute atomic E-state index is 11.5. The fraction of sp³-hybridized carbons (Fsp3) is 0.263. The smallest absolute Gasteiger partial charge is 0.449 e. The minimum atomic E-state index is -1.50. The molecule has 30 heavy (non-hydrogen) atoms. The Labute approximate surface area is 181 Å². The number of hydrogen-bond donors (Lipinski definition) is 3. The van der Waals surface area contributed by atoms with E-state index in [2.05, 4.69) is 15.4 Å². The van der Waals surface area contributed by atoms with Crippen LogP contribution in [0.15, 0.2) is 24.4 Å². The van der Waals surface area contributed by atoms with E-state index in [0.29, 0.717) is 16.9 Å². The maximum Gasteiger partial charge on any atom is 0.511 e. The van der Waals surface area contributed by atoms with E-state index in [0.717, 1.165) is 0 Å². The Bertz CT molecular complexity index is 1150. The first-order chi connectivity index (χ1) is 14.1. The second-order valence-electron chi connectivity index (χ2n) is 6.97. The molecule has 1 atom stereocenters. The van der Waals surface area contributed by atoms with Crippen molar-refractivity contribution in [2.75, 3.05) is 5.32 Å². The number of hydrogen-bond acceptors (Lipinski definition) is 6. The van der Waals surface area contributed by atoms with Gasteiger partial charge in [0.05, 0.1) is 11.8 Å². The fourth-order valence-corrected chi connectivity index (χ4v) is 3.28. The van der Waals surface area contributed by atoms with Crippen LogP contribution in [0.25, 0.3) is 16.8 Å². The number of carbonyl (C=O) groups excluding carboxylic acids is 1. The number of amides is 1. The molecule has 0 aliphatic heterocycles. The molecule has 9 nitrogen and oxygen atoms in total. The lowest BCUT2D eigenvalue weighted by molar-refractivity contribution is 0.1000. The highest BCUT2D eigenvalue weighted by molar-refractivity contribution is 6.36. The van der Waals surface area contributed by atoms with Gasteiger partial charge in [0.15, 0.2) is 5.75 Å². The predicted molar refractivity (Wildman–Crippen MR) is 114 cm³/mol. The second kappa shape index (κ2) is 8.37. The molecule has 0 unspecified atom stereocenters. The summed E-state index contributed by atoms with van der Waals surface area (Å²) >= 11 is 12.9. The highest BCUT2D eigenvalue weighted by Crippen LogP contribution is 2.40. The summed E-state index contributed by atoms with van der Waals surface area (Å²) in [4.78, 5) is 26.7. The van der Waals surface area contributed by atoms with Gasteiger partial charge in [-0.25, -0.2) is 9.78 Å². The van der Waals surface area contributed by atoms with E-state index < -0.39 is 12.1 Å². The van der Waals surface area contributed by atoms with Gasteiger partial charge in [-0.05, 0) is 25.0 Å². The molecule has 0 radical (unpaired) electrons. The van der Waals surface area contributed by atoms with E-state index >= 15 is 0 Å². The molecule has 1 aromatic carbocycles. The van der Waals surface area contributed by atoms with Gasteiger partial charge in [-0.1, -0.05) is 43.1 Å². The molecule has 0 aliphatic carbocycles. The Hall–Kier alpha value is -3.04. The van der Waals surface area contributed by atoms with Gasteiger partial charge in [-0.15, -0.1) is 0 Å². The van der Waals surface area contributed by atoms with Gasteiger partial charge in [0.1, 0.15) is 11.0 Å². The molecule has 3 rings (SSSR count). The SMILES string of the molecule is CC(C)[C@@H](C)Nc1c(-c2ccc(C(N)=O)cc2Cl)c(Cl)nc2c(OC(=O)O)cnn12. The average molecular weight is 452 g/mol. The number of nitrogens with zero attached hydrogens (tertiary/aromatic N) is 3. The molecule has 1 amide bonds. The summed E-state index contributed by atoms with van der Waals surface area (Å²) in [5, 5.41) is 16.8. The topological polar surface area (TPSA) is 132 Å². The van der Waals surface area contributed by atoms with Crippen LogP contribution in [0.3, 0.4) is 0 Å². The van der Waals surface area contributed by atoms with E-state index in [1.165, 1.54) is 22.8 Å². The number of rotatable bonds is 6. The van der Waals surface area contributed by atoms with E-state index in [1.807, 2.05) is 20.8 Å². The number of nitrogens with one attached hydrogen (secondary N) is 1. The van der Waals surface area contributed by atoms with Crippen LogP contribution in [0.2, 0.25) is 10.2 Å². The summed E-state index contributed by atoms with van der Waals surface area (Å²) in [7, 11) is 0. The minimum absolute atomic E-state index is 0.0119. The first kappa shape index (κ1) is 21.7. The summed E-state index contributed by atoms with van der Waals surface area (Å²) in [6.07, 6.45) is -0.262. The zero-order chi connectivity index (χ0) is 22.2. The Kier molecular flexibility index (Phi) is 6.04. The Morgan fingerprint density at radius 1 is 1.27 bits per heavy atom. The van der Waals surface area contributed by atoms with Gasteiger partial charge in [0.25, 0.3) is 0 Å². The molecule has 2 heterocycles. The third-order valence-electron chi connectivity index (χ3n) is 4.66. The molecule has 0 fully saturated rings. The van der Waals surface area contributed by atoms with Gasteiger partial charge in [-0.3, -0.25) is 4.79 Å². The van der Waals surface area contributed by atoms with Gasteiger partial charge in [0, 0.05) is 22.2 Å².